The summed E-state index contributed by atoms with van der Waals surface area (Å²) in [4.78, 5) is 0. The van der Waals surface area contributed by atoms with Crippen LogP contribution >= 0.6 is 15.9 Å². The number of rotatable bonds is 4. The topological polar surface area (TPSA) is 29.5 Å². The average molecular weight is 327 g/mol. The lowest BCUT2D eigenvalue weighted by atomic mass is 9.86. The number of ether oxygens (including phenoxy) is 1. The van der Waals surface area contributed by atoms with Crippen LogP contribution in [0.5, 0.6) is 5.75 Å². The number of benzene rings is 1. The summed E-state index contributed by atoms with van der Waals surface area (Å²) >= 11 is 3.44. The average Bonchev–Trinajstić information content (AvgIpc) is 2.41. The third-order valence-corrected chi connectivity index (χ3v) is 4.58. The van der Waals surface area contributed by atoms with Gasteiger partial charge in [0, 0.05) is 10.0 Å². The molecule has 0 radical (unpaired) electrons. The van der Waals surface area contributed by atoms with E-state index in [0.717, 1.165) is 34.5 Å². The van der Waals surface area contributed by atoms with Crippen LogP contribution in [0.2, 0.25) is 0 Å². The smallest absolute Gasteiger partial charge is 0.125 e. The summed E-state index contributed by atoms with van der Waals surface area (Å²) < 4.78 is 7.09. The predicted molar refractivity (Wildman–Crippen MR) is 81.4 cm³/mol. The Bertz CT molecular complexity index is 409. The Hall–Kier alpha value is -0.540. The molecule has 1 saturated carbocycles. The van der Waals surface area contributed by atoms with Crippen LogP contribution in [-0.4, -0.2) is 11.2 Å². The van der Waals surface area contributed by atoms with Crippen LogP contribution < -0.4 is 4.74 Å². The summed E-state index contributed by atoms with van der Waals surface area (Å²) in [5.74, 6) is 1.71. The van der Waals surface area contributed by atoms with Crippen molar-refractivity contribution in [2.45, 2.75) is 58.2 Å². The summed E-state index contributed by atoms with van der Waals surface area (Å²) in [6, 6.07) is 5.87. The molecule has 106 valence electrons. The van der Waals surface area contributed by atoms with Crippen molar-refractivity contribution in [1.29, 1.82) is 0 Å². The zero-order valence-corrected chi connectivity index (χ0v) is 13.3. The number of hydrogen-bond donors (Lipinski definition) is 1. The van der Waals surface area contributed by atoms with Gasteiger partial charge in [-0.15, -0.1) is 0 Å². The Balaban J connectivity index is 2.03. The minimum absolute atomic E-state index is 0.307. The summed E-state index contributed by atoms with van der Waals surface area (Å²) in [5.41, 5.74) is 0.868. The highest BCUT2D eigenvalue weighted by atomic mass is 79.9. The van der Waals surface area contributed by atoms with Gasteiger partial charge >= 0.3 is 0 Å². The first-order chi connectivity index (χ1) is 9.10. The lowest BCUT2D eigenvalue weighted by Gasteiger charge is -2.29. The molecular weight excluding hydrogens is 304 g/mol. The molecule has 2 nitrogen and oxygen atoms in total. The molecule has 19 heavy (non-hydrogen) atoms. The molecule has 0 unspecified atom stereocenters. The maximum absolute atomic E-state index is 9.84. The highest BCUT2D eigenvalue weighted by Crippen LogP contribution is 2.33. The van der Waals surface area contributed by atoms with E-state index in [1.165, 1.54) is 19.3 Å². The molecule has 3 heteroatoms. The molecule has 0 aliphatic heterocycles. The van der Waals surface area contributed by atoms with Gasteiger partial charge in [0.25, 0.3) is 0 Å². The van der Waals surface area contributed by atoms with Crippen molar-refractivity contribution >= 4 is 15.9 Å². The van der Waals surface area contributed by atoms with Gasteiger partial charge in [-0.3, -0.25) is 0 Å². The van der Waals surface area contributed by atoms with Crippen molar-refractivity contribution in [2.24, 2.45) is 5.92 Å². The van der Waals surface area contributed by atoms with Crippen LogP contribution in [0.25, 0.3) is 0 Å². The fourth-order valence-electron chi connectivity index (χ4n) is 2.79. The normalized spacial score (nSPS) is 25.1. The molecule has 0 spiro atoms. The molecule has 1 aliphatic rings. The van der Waals surface area contributed by atoms with E-state index in [4.69, 9.17) is 4.74 Å². The molecule has 1 aromatic rings. The molecule has 1 N–H and O–H groups in total. The van der Waals surface area contributed by atoms with Crippen molar-refractivity contribution in [2.75, 3.05) is 0 Å². The maximum atomic E-state index is 9.84. The number of aliphatic hydroxyl groups excluding tert-OH is 1. The summed E-state index contributed by atoms with van der Waals surface area (Å²) in [6.45, 7) is 4.05. The standard InChI is InChI=1S/C16H23BrO2/c1-3-12-4-7-14(8-5-12)19-16-9-6-13(17)10-15(16)11(2)18/h6,9-12,14,18H,3-5,7-8H2,1-2H3/t11-,12?,14?/m0/s1. The van der Waals surface area contributed by atoms with Gasteiger partial charge in [-0.05, 0) is 56.7 Å². The monoisotopic (exact) mass is 326 g/mol. The molecule has 1 atom stereocenters. The minimum atomic E-state index is -0.500. The molecule has 0 amide bonds. The third kappa shape index (κ3) is 3.96. The van der Waals surface area contributed by atoms with Crippen molar-refractivity contribution < 1.29 is 9.84 Å². The largest absolute Gasteiger partial charge is 0.490 e. The summed E-state index contributed by atoms with van der Waals surface area (Å²) in [5, 5.41) is 9.84. The van der Waals surface area contributed by atoms with Crippen molar-refractivity contribution in [3.8, 4) is 5.75 Å². The first-order valence-corrected chi connectivity index (χ1v) is 8.03. The molecule has 0 saturated heterocycles. The summed E-state index contributed by atoms with van der Waals surface area (Å²) in [6.07, 6.45) is 5.88. The zero-order chi connectivity index (χ0) is 13.8. The van der Waals surface area contributed by atoms with Crippen LogP contribution in [0.1, 0.15) is 57.6 Å². The lowest BCUT2D eigenvalue weighted by molar-refractivity contribution is 0.122. The van der Waals surface area contributed by atoms with Crippen LogP contribution in [0.15, 0.2) is 22.7 Å². The lowest BCUT2D eigenvalue weighted by Crippen LogP contribution is -2.24. The minimum Gasteiger partial charge on any atom is -0.490 e. The highest BCUT2D eigenvalue weighted by Gasteiger charge is 2.22. The molecule has 0 aromatic heterocycles. The van der Waals surface area contributed by atoms with Crippen molar-refractivity contribution in [3.05, 3.63) is 28.2 Å². The Labute approximate surface area is 124 Å². The fraction of sp³-hybridized carbons (Fsp3) is 0.625. The van der Waals surface area contributed by atoms with Gasteiger partial charge in [0.15, 0.2) is 0 Å². The van der Waals surface area contributed by atoms with E-state index < -0.39 is 6.10 Å². The Kier molecular flexibility index (Phi) is 5.28. The molecule has 1 fully saturated rings. The van der Waals surface area contributed by atoms with Gasteiger partial charge < -0.3 is 9.84 Å². The second-order valence-corrected chi connectivity index (χ2v) is 6.44. The first kappa shape index (κ1) is 14.9. The van der Waals surface area contributed by atoms with Gasteiger partial charge in [0.1, 0.15) is 5.75 Å². The number of aliphatic hydroxyl groups is 1. The van der Waals surface area contributed by atoms with Gasteiger partial charge in [0.2, 0.25) is 0 Å². The highest BCUT2D eigenvalue weighted by molar-refractivity contribution is 9.10. The second-order valence-electron chi connectivity index (χ2n) is 5.53. The molecule has 1 aromatic carbocycles. The van der Waals surface area contributed by atoms with E-state index in [1.54, 1.807) is 6.92 Å². The predicted octanol–water partition coefficient (Wildman–Crippen LogP) is 4.85. The van der Waals surface area contributed by atoms with Crippen LogP contribution in [0, 0.1) is 5.92 Å². The van der Waals surface area contributed by atoms with Gasteiger partial charge in [-0.2, -0.15) is 0 Å². The Morgan fingerprint density at radius 1 is 1.32 bits per heavy atom. The third-order valence-electron chi connectivity index (χ3n) is 4.09. The molecule has 0 bridgehead atoms. The van der Waals surface area contributed by atoms with Gasteiger partial charge in [-0.25, -0.2) is 0 Å². The number of halogens is 1. The quantitative estimate of drug-likeness (QED) is 0.856. The van der Waals surface area contributed by atoms with E-state index in [1.807, 2.05) is 18.2 Å². The molecule has 2 rings (SSSR count). The maximum Gasteiger partial charge on any atom is 0.125 e. The van der Waals surface area contributed by atoms with E-state index in [9.17, 15) is 5.11 Å². The molecule has 1 aliphatic carbocycles. The first-order valence-electron chi connectivity index (χ1n) is 7.24. The molecule has 0 heterocycles. The Morgan fingerprint density at radius 3 is 2.58 bits per heavy atom. The van der Waals surface area contributed by atoms with E-state index in [2.05, 4.69) is 22.9 Å². The van der Waals surface area contributed by atoms with Gasteiger partial charge in [-0.1, -0.05) is 29.3 Å². The fourth-order valence-corrected chi connectivity index (χ4v) is 3.17. The van der Waals surface area contributed by atoms with Gasteiger partial charge in [0.05, 0.1) is 12.2 Å². The Morgan fingerprint density at radius 2 is 2.00 bits per heavy atom. The van der Waals surface area contributed by atoms with Crippen molar-refractivity contribution in [3.63, 3.8) is 0 Å². The number of hydrogen-bond acceptors (Lipinski definition) is 2. The van der Waals surface area contributed by atoms with Crippen LogP contribution in [-0.2, 0) is 0 Å². The van der Waals surface area contributed by atoms with Crippen LogP contribution in [0.4, 0.5) is 0 Å². The van der Waals surface area contributed by atoms with E-state index in [-0.39, 0.29) is 0 Å². The second kappa shape index (κ2) is 6.76. The summed E-state index contributed by atoms with van der Waals surface area (Å²) in [7, 11) is 0. The van der Waals surface area contributed by atoms with E-state index in [0.29, 0.717) is 6.10 Å². The molecular formula is C16H23BrO2. The zero-order valence-electron chi connectivity index (χ0n) is 11.7. The van der Waals surface area contributed by atoms with Crippen molar-refractivity contribution in [1.82, 2.24) is 0 Å². The van der Waals surface area contributed by atoms with Crippen LogP contribution in [0.3, 0.4) is 0 Å². The SMILES string of the molecule is CCC1CCC(Oc2ccc(Br)cc2[C@H](C)O)CC1. The van der Waals surface area contributed by atoms with E-state index >= 15 is 0 Å².